The smallest absolute Gasteiger partial charge is 0.412 e. The molecule has 0 radical (unpaired) electrons. The van der Waals surface area contributed by atoms with E-state index in [1.54, 1.807) is 46.9 Å². The van der Waals surface area contributed by atoms with E-state index in [2.05, 4.69) is 41.7 Å². The van der Waals surface area contributed by atoms with E-state index >= 15 is 0 Å². The predicted octanol–water partition coefficient (Wildman–Crippen LogP) is 5.67. The quantitative estimate of drug-likeness (QED) is 0.486. The topological polar surface area (TPSA) is 76.7 Å². The Morgan fingerprint density at radius 2 is 1.44 bits per heavy atom. The first-order valence-corrected chi connectivity index (χ1v) is 13.1. The average molecular weight is 411 g/mol. The summed E-state index contributed by atoms with van der Waals surface area (Å²) < 4.78 is 10.6. The Morgan fingerprint density at radius 3 is 1.89 bits per heavy atom. The zero-order valence-electron chi connectivity index (χ0n) is 17.6. The van der Waals surface area contributed by atoms with Gasteiger partial charge in [-0.3, -0.25) is 10.6 Å². The Balaban J connectivity index is 3.15. The van der Waals surface area contributed by atoms with Crippen molar-refractivity contribution in [3.05, 3.63) is 10.3 Å². The van der Waals surface area contributed by atoms with E-state index < -0.39 is 31.5 Å². The van der Waals surface area contributed by atoms with E-state index in [1.165, 1.54) is 11.3 Å². The van der Waals surface area contributed by atoms with E-state index in [-0.39, 0.29) is 0 Å². The van der Waals surface area contributed by atoms with Crippen LogP contribution in [0.4, 0.5) is 21.0 Å². The minimum atomic E-state index is -1.61. The Labute approximate surface area is 167 Å². The second-order valence-electron chi connectivity index (χ2n) is 9.11. The maximum absolute atomic E-state index is 12.2. The third-order valence-electron chi connectivity index (χ3n) is 2.60. The summed E-state index contributed by atoms with van der Waals surface area (Å²) in [5.74, 6) is 3.13. The monoisotopic (exact) mass is 410 g/mol. The number of amides is 2. The van der Waals surface area contributed by atoms with Crippen LogP contribution in [-0.2, 0) is 9.47 Å². The van der Waals surface area contributed by atoms with Gasteiger partial charge in [-0.15, -0.1) is 16.9 Å². The van der Waals surface area contributed by atoms with Gasteiger partial charge in [-0.2, -0.15) is 0 Å². The number of hydrogen-bond acceptors (Lipinski definition) is 5. The lowest BCUT2D eigenvalue weighted by Gasteiger charge is -2.21. The number of rotatable bonds is 2. The minimum Gasteiger partial charge on any atom is -0.444 e. The molecule has 6 nitrogen and oxygen atoms in total. The van der Waals surface area contributed by atoms with Crippen LogP contribution >= 0.6 is 11.3 Å². The molecule has 0 spiro atoms. The van der Waals surface area contributed by atoms with Crippen molar-refractivity contribution in [2.45, 2.75) is 72.4 Å². The number of thiophene rings is 1. The maximum atomic E-state index is 12.2. The largest absolute Gasteiger partial charge is 0.444 e. The molecule has 1 rings (SSSR count). The van der Waals surface area contributed by atoms with Crippen LogP contribution in [0.5, 0.6) is 0 Å². The highest BCUT2D eigenvalue weighted by Gasteiger charge is 2.22. The van der Waals surface area contributed by atoms with Crippen LogP contribution in [0.15, 0.2) is 5.38 Å². The van der Waals surface area contributed by atoms with Crippen LogP contribution in [0, 0.1) is 11.5 Å². The molecule has 0 aromatic carbocycles. The van der Waals surface area contributed by atoms with Gasteiger partial charge in [0.25, 0.3) is 0 Å². The second kappa shape index (κ2) is 8.36. The lowest BCUT2D eigenvalue weighted by molar-refractivity contribution is 0.0621. The minimum absolute atomic E-state index is 0.422. The fourth-order valence-electron chi connectivity index (χ4n) is 1.73. The van der Waals surface area contributed by atoms with Crippen LogP contribution in [0.3, 0.4) is 0 Å². The summed E-state index contributed by atoms with van der Waals surface area (Å²) >= 11 is 1.34. The molecule has 2 N–H and O–H groups in total. The molecule has 1 aromatic rings. The first kappa shape index (κ1) is 23.1. The number of anilines is 2. The fraction of sp³-hybridized carbons (Fsp3) is 0.579. The third-order valence-corrected chi connectivity index (χ3v) is 4.37. The molecule has 8 heteroatoms. The molecular formula is C19H30N2O4SSi. The Kier molecular flexibility index (Phi) is 7.14. The van der Waals surface area contributed by atoms with Gasteiger partial charge in [0.2, 0.25) is 0 Å². The summed E-state index contributed by atoms with van der Waals surface area (Å²) in [6, 6.07) is 0. The van der Waals surface area contributed by atoms with Crippen LogP contribution in [0.1, 0.15) is 46.4 Å². The summed E-state index contributed by atoms with van der Waals surface area (Å²) in [6.45, 7) is 17.1. The van der Waals surface area contributed by atoms with Crippen molar-refractivity contribution in [2.24, 2.45) is 0 Å². The van der Waals surface area contributed by atoms with E-state index in [0.29, 0.717) is 16.3 Å². The van der Waals surface area contributed by atoms with Crippen molar-refractivity contribution >= 4 is 43.0 Å². The standard InChI is InChI=1S/C19H30N2O4SSi/c1-18(2,3)24-16(22)20-13-12-26-14(10-11-27(7,8)9)15(13)21-17(23)25-19(4,5)6/h12H,1-9H3,(H,20,22)(H,21,23). The molecule has 0 aliphatic rings. The zero-order chi connectivity index (χ0) is 21.0. The molecular weight excluding hydrogens is 380 g/mol. The lowest BCUT2D eigenvalue weighted by atomic mass is 10.2. The molecule has 1 aromatic heterocycles. The molecule has 0 atom stereocenters. The molecule has 1 heterocycles. The van der Waals surface area contributed by atoms with Crippen LogP contribution in [-0.4, -0.2) is 31.5 Å². The van der Waals surface area contributed by atoms with E-state index in [1.807, 2.05) is 0 Å². The van der Waals surface area contributed by atoms with Crippen molar-refractivity contribution in [2.75, 3.05) is 10.6 Å². The van der Waals surface area contributed by atoms with Crippen LogP contribution < -0.4 is 10.6 Å². The summed E-state index contributed by atoms with van der Waals surface area (Å²) in [4.78, 5) is 25.0. The second-order valence-corrected chi connectivity index (χ2v) is 14.7. The molecule has 0 fully saturated rings. The van der Waals surface area contributed by atoms with E-state index in [0.717, 1.165) is 0 Å². The molecule has 27 heavy (non-hydrogen) atoms. The Hall–Kier alpha value is -1.98. The van der Waals surface area contributed by atoms with Crippen molar-refractivity contribution < 1.29 is 19.1 Å². The van der Waals surface area contributed by atoms with Crippen LogP contribution in [0.2, 0.25) is 19.6 Å². The third kappa shape index (κ3) is 9.49. The number of nitrogens with one attached hydrogen (secondary N) is 2. The summed E-state index contributed by atoms with van der Waals surface area (Å²) in [7, 11) is -1.61. The first-order valence-electron chi connectivity index (χ1n) is 8.70. The highest BCUT2D eigenvalue weighted by molar-refractivity contribution is 7.11. The molecule has 0 unspecified atom stereocenters. The highest BCUT2D eigenvalue weighted by Crippen LogP contribution is 2.33. The molecule has 0 saturated heterocycles. The van der Waals surface area contributed by atoms with Gasteiger partial charge in [-0.05, 0) is 41.5 Å². The van der Waals surface area contributed by atoms with E-state index in [4.69, 9.17) is 9.47 Å². The summed E-state index contributed by atoms with van der Waals surface area (Å²) in [6.07, 6.45) is -1.21. The normalized spacial score (nSPS) is 11.9. The molecule has 0 aliphatic heterocycles. The van der Waals surface area contributed by atoms with Gasteiger partial charge in [0.15, 0.2) is 0 Å². The van der Waals surface area contributed by atoms with Gasteiger partial charge >= 0.3 is 12.2 Å². The predicted molar refractivity (Wildman–Crippen MR) is 114 cm³/mol. The fourth-order valence-corrected chi connectivity index (χ4v) is 3.12. The summed E-state index contributed by atoms with van der Waals surface area (Å²) in [5, 5.41) is 7.11. The van der Waals surface area contributed by atoms with Gasteiger partial charge in [0.1, 0.15) is 24.2 Å². The number of ether oxygens (including phenoxy) is 2. The number of carbonyl (C=O) groups excluding carboxylic acids is 2. The number of hydrogen-bond donors (Lipinski definition) is 2. The Bertz CT molecular complexity index is 756. The molecule has 2 amide bonds. The van der Waals surface area contributed by atoms with Crippen LogP contribution in [0.25, 0.3) is 0 Å². The molecule has 150 valence electrons. The van der Waals surface area contributed by atoms with Gasteiger partial charge in [-0.1, -0.05) is 25.6 Å². The summed E-state index contributed by atoms with van der Waals surface area (Å²) in [5.41, 5.74) is 2.86. The van der Waals surface area contributed by atoms with Gasteiger partial charge < -0.3 is 9.47 Å². The highest BCUT2D eigenvalue weighted by atomic mass is 32.1. The lowest BCUT2D eigenvalue weighted by Crippen LogP contribution is -2.29. The van der Waals surface area contributed by atoms with Crippen molar-refractivity contribution in [3.63, 3.8) is 0 Å². The van der Waals surface area contributed by atoms with Crippen molar-refractivity contribution in [1.82, 2.24) is 0 Å². The zero-order valence-corrected chi connectivity index (χ0v) is 19.4. The van der Waals surface area contributed by atoms with Gasteiger partial charge in [0.05, 0.1) is 11.4 Å². The first-order chi connectivity index (χ1) is 12.1. The Morgan fingerprint density at radius 1 is 0.963 bits per heavy atom. The van der Waals surface area contributed by atoms with Crippen molar-refractivity contribution in [3.8, 4) is 11.5 Å². The SMILES string of the molecule is CC(C)(C)OC(=O)Nc1csc(C#C[Si](C)(C)C)c1NC(=O)OC(C)(C)C. The number of carbonyl (C=O) groups is 2. The molecule has 0 aliphatic carbocycles. The average Bonchev–Trinajstić information content (AvgIpc) is 2.73. The van der Waals surface area contributed by atoms with Gasteiger partial charge in [-0.25, -0.2) is 9.59 Å². The molecule has 0 saturated carbocycles. The molecule has 0 bridgehead atoms. The van der Waals surface area contributed by atoms with Gasteiger partial charge in [0, 0.05) is 5.38 Å². The van der Waals surface area contributed by atoms with E-state index in [9.17, 15) is 9.59 Å². The van der Waals surface area contributed by atoms with Crippen molar-refractivity contribution in [1.29, 1.82) is 0 Å². The maximum Gasteiger partial charge on any atom is 0.412 e.